The van der Waals surface area contributed by atoms with Crippen molar-refractivity contribution in [1.82, 2.24) is 10.6 Å². The van der Waals surface area contributed by atoms with Gasteiger partial charge in [-0.1, -0.05) is 52.9 Å². The van der Waals surface area contributed by atoms with Crippen LogP contribution in [0.4, 0.5) is 0 Å². The van der Waals surface area contributed by atoms with Crippen LogP contribution in [-0.2, 0) is 4.79 Å². The van der Waals surface area contributed by atoms with Gasteiger partial charge in [-0.25, -0.2) is 0 Å². The van der Waals surface area contributed by atoms with Crippen molar-refractivity contribution in [3.8, 4) is 0 Å². The fraction of sp³-hybridized carbons (Fsp3) is 0.929. The molecule has 102 valence electrons. The molecule has 0 aliphatic heterocycles. The van der Waals surface area contributed by atoms with Crippen LogP contribution in [0.2, 0.25) is 0 Å². The monoisotopic (exact) mass is 242 g/mol. The van der Waals surface area contributed by atoms with Crippen molar-refractivity contribution in [3.05, 3.63) is 0 Å². The van der Waals surface area contributed by atoms with E-state index in [9.17, 15) is 4.79 Å². The molecular weight excluding hydrogens is 212 g/mol. The van der Waals surface area contributed by atoms with Gasteiger partial charge >= 0.3 is 0 Å². The molecule has 0 spiro atoms. The number of hydrogen-bond acceptors (Lipinski definition) is 2. The van der Waals surface area contributed by atoms with Crippen molar-refractivity contribution in [2.45, 2.75) is 59.3 Å². The fourth-order valence-corrected chi connectivity index (χ4v) is 1.63. The van der Waals surface area contributed by atoms with Crippen LogP contribution < -0.4 is 10.6 Å². The van der Waals surface area contributed by atoms with E-state index in [0.717, 1.165) is 19.6 Å². The summed E-state index contributed by atoms with van der Waals surface area (Å²) >= 11 is 0. The summed E-state index contributed by atoms with van der Waals surface area (Å²) in [4.78, 5) is 11.2. The first-order chi connectivity index (χ1) is 8.18. The third-order valence-corrected chi connectivity index (χ3v) is 2.83. The lowest BCUT2D eigenvalue weighted by molar-refractivity contribution is -0.123. The van der Waals surface area contributed by atoms with E-state index in [1.54, 1.807) is 0 Å². The van der Waals surface area contributed by atoms with Crippen LogP contribution in [0.25, 0.3) is 0 Å². The van der Waals surface area contributed by atoms with Crippen molar-refractivity contribution in [2.24, 2.45) is 5.92 Å². The van der Waals surface area contributed by atoms with E-state index in [1.807, 2.05) is 13.8 Å². The van der Waals surface area contributed by atoms with Crippen molar-refractivity contribution in [1.29, 1.82) is 0 Å². The summed E-state index contributed by atoms with van der Waals surface area (Å²) in [6.45, 7) is 8.77. The summed E-state index contributed by atoms with van der Waals surface area (Å²) in [6, 6.07) is 0. The Hall–Kier alpha value is -0.570. The predicted molar refractivity (Wildman–Crippen MR) is 74.1 cm³/mol. The van der Waals surface area contributed by atoms with Gasteiger partial charge in [0.1, 0.15) is 0 Å². The predicted octanol–water partition coefficient (Wildman–Crippen LogP) is 2.71. The molecule has 0 radical (unpaired) electrons. The van der Waals surface area contributed by atoms with Crippen molar-refractivity contribution >= 4 is 5.91 Å². The van der Waals surface area contributed by atoms with Crippen LogP contribution in [-0.4, -0.2) is 25.5 Å². The lowest BCUT2D eigenvalue weighted by atomic mass is 10.1. The maximum atomic E-state index is 11.2. The van der Waals surface area contributed by atoms with Gasteiger partial charge in [-0.2, -0.15) is 0 Å². The Balaban J connectivity index is 3.06. The largest absolute Gasteiger partial charge is 0.355 e. The molecule has 0 aliphatic rings. The molecule has 0 aromatic rings. The second kappa shape index (κ2) is 11.9. The van der Waals surface area contributed by atoms with E-state index in [-0.39, 0.29) is 11.8 Å². The zero-order chi connectivity index (χ0) is 12.9. The van der Waals surface area contributed by atoms with Crippen molar-refractivity contribution < 1.29 is 4.79 Å². The summed E-state index contributed by atoms with van der Waals surface area (Å²) in [5, 5.41) is 6.26. The van der Waals surface area contributed by atoms with E-state index in [0.29, 0.717) is 0 Å². The van der Waals surface area contributed by atoms with Gasteiger partial charge in [0.2, 0.25) is 5.91 Å². The van der Waals surface area contributed by atoms with Crippen LogP contribution >= 0.6 is 0 Å². The summed E-state index contributed by atoms with van der Waals surface area (Å²) in [5.74, 6) is 0.236. The van der Waals surface area contributed by atoms with Gasteiger partial charge in [0, 0.05) is 19.0 Å². The Morgan fingerprint density at radius 2 is 1.59 bits per heavy atom. The highest BCUT2D eigenvalue weighted by Crippen LogP contribution is 2.03. The number of rotatable bonds is 11. The van der Waals surface area contributed by atoms with E-state index in [1.165, 1.54) is 38.5 Å². The molecule has 0 fully saturated rings. The second-order valence-corrected chi connectivity index (χ2v) is 4.96. The van der Waals surface area contributed by atoms with E-state index in [4.69, 9.17) is 0 Å². The topological polar surface area (TPSA) is 41.1 Å². The summed E-state index contributed by atoms with van der Waals surface area (Å²) in [5.41, 5.74) is 0. The average Bonchev–Trinajstić information content (AvgIpc) is 2.31. The van der Waals surface area contributed by atoms with Gasteiger partial charge in [0.25, 0.3) is 0 Å². The minimum absolute atomic E-state index is 0.0913. The highest BCUT2D eigenvalue weighted by atomic mass is 16.1. The maximum absolute atomic E-state index is 11.2. The first-order valence-electron chi connectivity index (χ1n) is 7.17. The molecule has 0 atom stereocenters. The van der Waals surface area contributed by atoms with Gasteiger partial charge in [0.05, 0.1) is 0 Å². The molecule has 0 aliphatic carbocycles. The van der Waals surface area contributed by atoms with E-state index >= 15 is 0 Å². The van der Waals surface area contributed by atoms with Crippen LogP contribution in [0.1, 0.15) is 59.3 Å². The van der Waals surface area contributed by atoms with Gasteiger partial charge in [-0.15, -0.1) is 0 Å². The molecule has 0 saturated carbocycles. The highest BCUT2D eigenvalue weighted by Gasteiger charge is 2.04. The van der Waals surface area contributed by atoms with Crippen molar-refractivity contribution in [2.75, 3.05) is 19.6 Å². The summed E-state index contributed by atoms with van der Waals surface area (Å²) < 4.78 is 0. The Bertz CT molecular complexity index is 181. The van der Waals surface area contributed by atoms with E-state index < -0.39 is 0 Å². The van der Waals surface area contributed by atoms with Crippen LogP contribution in [0.5, 0.6) is 0 Å². The number of carbonyl (C=O) groups excluding carboxylic acids is 1. The molecule has 17 heavy (non-hydrogen) atoms. The first-order valence-corrected chi connectivity index (χ1v) is 7.17. The van der Waals surface area contributed by atoms with Gasteiger partial charge < -0.3 is 10.6 Å². The molecule has 0 aromatic heterocycles. The summed E-state index contributed by atoms with van der Waals surface area (Å²) in [6.07, 6.45) is 8.00. The quantitative estimate of drug-likeness (QED) is 0.547. The number of unbranched alkanes of at least 4 members (excludes halogenated alkanes) is 5. The maximum Gasteiger partial charge on any atom is 0.222 e. The van der Waals surface area contributed by atoms with Crippen LogP contribution in [0.3, 0.4) is 0 Å². The molecule has 1 amide bonds. The van der Waals surface area contributed by atoms with Gasteiger partial charge in [-0.3, -0.25) is 4.79 Å². The molecule has 0 saturated heterocycles. The van der Waals surface area contributed by atoms with Crippen molar-refractivity contribution in [3.63, 3.8) is 0 Å². The molecule has 3 nitrogen and oxygen atoms in total. The number of carbonyl (C=O) groups is 1. The number of nitrogens with one attached hydrogen (secondary N) is 2. The molecule has 2 N–H and O–H groups in total. The minimum Gasteiger partial charge on any atom is -0.355 e. The lowest BCUT2D eigenvalue weighted by Gasteiger charge is -2.08. The normalized spacial score (nSPS) is 10.8. The van der Waals surface area contributed by atoms with Crippen LogP contribution in [0, 0.1) is 5.92 Å². The highest BCUT2D eigenvalue weighted by molar-refractivity contribution is 5.77. The molecule has 0 unspecified atom stereocenters. The smallest absolute Gasteiger partial charge is 0.222 e. The van der Waals surface area contributed by atoms with Crippen LogP contribution in [0.15, 0.2) is 0 Å². The SMILES string of the molecule is CCCCCCCCNCCNC(=O)C(C)C. The zero-order valence-electron chi connectivity index (χ0n) is 11.8. The lowest BCUT2D eigenvalue weighted by Crippen LogP contribution is -2.34. The zero-order valence-corrected chi connectivity index (χ0v) is 11.8. The Labute approximate surface area is 107 Å². The fourth-order valence-electron chi connectivity index (χ4n) is 1.63. The minimum atomic E-state index is 0.0913. The second-order valence-electron chi connectivity index (χ2n) is 4.96. The molecule has 0 aromatic carbocycles. The molecule has 0 rings (SSSR count). The standard InChI is InChI=1S/C14H30N2O/c1-4-5-6-7-8-9-10-15-11-12-16-14(17)13(2)3/h13,15H,4-12H2,1-3H3,(H,16,17). The number of amides is 1. The Kier molecular flexibility index (Phi) is 11.5. The summed E-state index contributed by atoms with van der Waals surface area (Å²) in [7, 11) is 0. The average molecular weight is 242 g/mol. The van der Waals surface area contributed by atoms with Gasteiger partial charge in [-0.05, 0) is 13.0 Å². The Morgan fingerprint density at radius 3 is 2.24 bits per heavy atom. The number of hydrogen-bond donors (Lipinski definition) is 2. The molecule has 0 bridgehead atoms. The van der Waals surface area contributed by atoms with Gasteiger partial charge in [0.15, 0.2) is 0 Å². The molecular formula is C14H30N2O. The van der Waals surface area contributed by atoms with E-state index in [2.05, 4.69) is 17.6 Å². The third-order valence-electron chi connectivity index (χ3n) is 2.83. The molecule has 3 heteroatoms. The Morgan fingerprint density at radius 1 is 0.941 bits per heavy atom. The molecule has 0 heterocycles. The first kappa shape index (κ1) is 16.4. The third kappa shape index (κ3) is 11.7.